The Bertz CT molecular complexity index is 1880. The molecule has 2 aromatic carbocycles. The highest BCUT2D eigenvalue weighted by Crippen LogP contribution is 2.47. The summed E-state index contributed by atoms with van der Waals surface area (Å²) in [4.78, 5) is 43.6. The Morgan fingerprint density at radius 2 is 1.67 bits per heavy atom. The van der Waals surface area contributed by atoms with Gasteiger partial charge in [0.2, 0.25) is 5.91 Å². The summed E-state index contributed by atoms with van der Waals surface area (Å²) in [7, 11) is 2.08. The zero-order chi connectivity index (χ0) is 34.2. The van der Waals surface area contributed by atoms with Crippen molar-refractivity contribution in [2.24, 2.45) is 0 Å². The van der Waals surface area contributed by atoms with Crippen molar-refractivity contribution in [3.05, 3.63) is 58.7 Å². The van der Waals surface area contributed by atoms with E-state index in [9.17, 15) is 22.8 Å². The van der Waals surface area contributed by atoms with Crippen LogP contribution in [0.2, 0.25) is 0 Å². The Morgan fingerprint density at radius 1 is 0.958 bits per heavy atom. The van der Waals surface area contributed by atoms with E-state index in [0.29, 0.717) is 43.4 Å². The molecule has 6 rings (SSSR count). The minimum atomic E-state index is -4.00. The van der Waals surface area contributed by atoms with Gasteiger partial charge in [0.15, 0.2) is 0 Å². The molecule has 2 N–H and O–H groups in total. The number of likely N-dealkylation sites (N-methyl/N-ethyl adjacent to an activating group) is 1. The van der Waals surface area contributed by atoms with E-state index in [1.807, 2.05) is 30.3 Å². The highest BCUT2D eigenvalue weighted by Gasteiger charge is 2.33. The lowest BCUT2D eigenvalue weighted by atomic mass is 9.81. The normalized spacial score (nSPS) is 17.1. The number of fused-ring (bicyclic) bond motifs is 5. The average molecular weight is 677 g/mol. The maximum Gasteiger partial charge on any atom is 0.303 e. The molecule has 0 spiro atoms. The number of hydrogen-bond donors (Lipinski definition) is 2. The van der Waals surface area contributed by atoms with Gasteiger partial charge in [-0.15, -0.1) is 0 Å². The van der Waals surface area contributed by atoms with Crippen molar-refractivity contribution in [3.63, 3.8) is 0 Å². The number of benzene rings is 2. The summed E-state index contributed by atoms with van der Waals surface area (Å²) in [6.07, 6.45) is 7.46. The predicted octanol–water partition coefficient (Wildman–Crippen LogP) is 3.19. The highest BCUT2D eigenvalue weighted by molar-refractivity contribution is 7.87. The van der Waals surface area contributed by atoms with Gasteiger partial charge in [0, 0.05) is 67.9 Å². The van der Waals surface area contributed by atoms with E-state index < -0.39 is 16.1 Å². The summed E-state index contributed by atoms with van der Waals surface area (Å²) in [5.74, 6) is 0.150. The van der Waals surface area contributed by atoms with Crippen LogP contribution >= 0.6 is 0 Å². The molecule has 12 nitrogen and oxygen atoms in total. The van der Waals surface area contributed by atoms with Crippen LogP contribution in [0.3, 0.4) is 0 Å². The quantitative estimate of drug-likeness (QED) is 0.375. The zero-order valence-corrected chi connectivity index (χ0v) is 28.9. The van der Waals surface area contributed by atoms with Crippen LogP contribution in [0.25, 0.3) is 28.2 Å². The van der Waals surface area contributed by atoms with Crippen molar-refractivity contribution in [2.75, 3.05) is 61.0 Å². The Kier molecular flexibility index (Phi) is 9.64. The van der Waals surface area contributed by atoms with Gasteiger partial charge >= 0.3 is 10.2 Å². The molecule has 1 saturated carbocycles. The van der Waals surface area contributed by atoms with E-state index in [0.717, 1.165) is 57.7 Å². The molecule has 1 aliphatic carbocycles. The molecule has 0 atom stereocenters. The van der Waals surface area contributed by atoms with Crippen LogP contribution in [-0.4, -0.2) is 106 Å². The molecule has 2 fully saturated rings. The molecule has 13 heteroatoms. The fraction of sp³-hybridized carbons (Fsp3) is 0.457. The van der Waals surface area contributed by atoms with Gasteiger partial charge in [0.1, 0.15) is 5.75 Å². The van der Waals surface area contributed by atoms with Crippen molar-refractivity contribution in [1.29, 1.82) is 0 Å². The third kappa shape index (κ3) is 6.46. The number of aromatic nitrogens is 1. The summed E-state index contributed by atoms with van der Waals surface area (Å²) >= 11 is 0. The van der Waals surface area contributed by atoms with Gasteiger partial charge < -0.3 is 24.4 Å². The van der Waals surface area contributed by atoms with Gasteiger partial charge in [-0.25, -0.2) is 4.72 Å². The van der Waals surface area contributed by atoms with Crippen LogP contribution in [0.15, 0.2) is 42.0 Å². The Labute approximate surface area is 281 Å². The van der Waals surface area contributed by atoms with E-state index in [2.05, 4.69) is 14.6 Å². The van der Waals surface area contributed by atoms with Gasteiger partial charge in [-0.3, -0.25) is 14.4 Å². The lowest BCUT2D eigenvalue weighted by Crippen LogP contribution is -2.52. The molecule has 0 radical (unpaired) electrons. The van der Waals surface area contributed by atoms with Crippen molar-refractivity contribution >= 4 is 44.9 Å². The lowest BCUT2D eigenvalue weighted by Gasteiger charge is -2.35. The lowest BCUT2D eigenvalue weighted by molar-refractivity contribution is -0.137. The number of piperazine rings is 1. The van der Waals surface area contributed by atoms with Crippen molar-refractivity contribution in [2.45, 2.75) is 44.6 Å². The molecular weight excluding hydrogens is 632 g/mol. The van der Waals surface area contributed by atoms with Gasteiger partial charge in [-0.05, 0) is 73.3 Å². The second-order valence-electron chi connectivity index (χ2n) is 13.0. The Morgan fingerprint density at radius 3 is 2.33 bits per heavy atom. The van der Waals surface area contributed by atoms with E-state index in [-0.39, 0.29) is 30.5 Å². The van der Waals surface area contributed by atoms with Crippen molar-refractivity contribution in [3.8, 4) is 17.0 Å². The first-order valence-corrected chi connectivity index (χ1v) is 18.0. The monoisotopic (exact) mass is 676 g/mol. The Balaban J connectivity index is 1.47. The molecule has 3 aliphatic rings. The number of methoxy groups -OCH3 is 1. The smallest absolute Gasteiger partial charge is 0.303 e. The second-order valence-corrected chi connectivity index (χ2v) is 14.8. The first-order chi connectivity index (χ1) is 23.0. The number of nitrogens with one attached hydrogen (secondary N) is 2. The zero-order valence-electron chi connectivity index (χ0n) is 28.0. The molecule has 3 aromatic rings. The van der Waals surface area contributed by atoms with E-state index in [1.54, 1.807) is 36.1 Å². The number of amides is 3. The molecule has 48 heavy (non-hydrogen) atoms. The fourth-order valence-electron chi connectivity index (χ4n) is 7.20. The molecule has 3 amide bonds. The molecule has 2 aliphatic heterocycles. The van der Waals surface area contributed by atoms with Crippen molar-refractivity contribution in [1.82, 2.24) is 28.7 Å². The second kappa shape index (κ2) is 13.7. The number of ether oxygens (including phenoxy) is 1. The summed E-state index contributed by atoms with van der Waals surface area (Å²) in [6.45, 7) is 2.28. The van der Waals surface area contributed by atoms with Crippen LogP contribution in [0, 0.1) is 0 Å². The molecule has 1 saturated heterocycles. The van der Waals surface area contributed by atoms with E-state index in [4.69, 9.17) is 4.74 Å². The minimum Gasteiger partial charge on any atom is -0.497 e. The summed E-state index contributed by atoms with van der Waals surface area (Å²) in [6, 6.07) is 11.3. The van der Waals surface area contributed by atoms with Crippen LogP contribution in [0.5, 0.6) is 5.75 Å². The maximum atomic E-state index is 14.3. The highest BCUT2D eigenvalue weighted by atomic mass is 32.2. The van der Waals surface area contributed by atoms with Crippen LogP contribution in [0.4, 0.5) is 0 Å². The maximum absolute atomic E-state index is 14.3. The first-order valence-electron chi connectivity index (χ1n) is 16.5. The fourth-order valence-corrected chi connectivity index (χ4v) is 7.74. The number of carbonyl (C=O) groups excluding carboxylic acids is 3. The van der Waals surface area contributed by atoms with Gasteiger partial charge in [-0.2, -0.15) is 12.7 Å². The van der Waals surface area contributed by atoms with Crippen LogP contribution < -0.4 is 14.8 Å². The summed E-state index contributed by atoms with van der Waals surface area (Å²) < 4.78 is 35.9. The standard InChI is InChI=1S/C35H44N6O6S/c1-36-21-31(42)39-14-16-40(17-15-39)35(44)26-18-25-19-27(47-4)11-13-28(25)33-32(23-8-6-5-7-9-23)29-12-10-24(20-30(29)41(33)22-26)34(43)37-48(45,46)38(2)3/h10-13,18-20,23,36H,5-9,14-17,21-22H2,1-4H3,(H,37,43). The van der Waals surface area contributed by atoms with Gasteiger partial charge in [0.05, 0.1) is 25.9 Å². The molecular formula is C35H44N6O6S. The molecule has 3 heterocycles. The predicted molar refractivity (Wildman–Crippen MR) is 185 cm³/mol. The molecule has 0 bridgehead atoms. The largest absolute Gasteiger partial charge is 0.497 e. The third-order valence-corrected chi connectivity index (χ3v) is 11.2. The first kappa shape index (κ1) is 33.7. The minimum absolute atomic E-state index is 0.0104. The van der Waals surface area contributed by atoms with Crippen LogP contribution in [-0.2, 0) is 26.3 Å². The molecule has 256 valence electrons. The SMILES string of the molecule is CNCC(=O)N1CCN(C(=O)C2=Cc3cc(OC)ccc3-c3c(C4CCCCC4)c4ccc(C(=O)NS(=O)(=O)N(C)C)cc4n3C2)CC1. The van der Waals surface area contributed by atoms with Gasteiger partial charge in [0.25, 0.3) is 11.8 Å². The number of rotatable bonds is 8. The Hall–Kier alpha value is -4.20. The summed E-state index contributed by atoms with van der Waals surface area (Å²) in [5, 5.41) is 3.90. The topological polar surface area (TPSA) is 133 Å². The third-order valence-electron chi connectivity index (χ3n) is 9.78. The van der Waals surface area contributed by atoms with Crippen LogP contribution in [0.1, 0.15) is 59.5 Å². The average Bonchev–Trinajstić information content (AvgIpc) is 3.30. The number of carbonyl (C=O) groups is 3. The molecule has 0 unspecified atom stereocenters. The van der Waals surface area contributed by atoms with Crippen molar-refractivity contribution < 1.29 is 27.5 Å². The van der Waals surface area contributed by atoms with E-state index >= 15 is 0 Å². The summed E-state index contributed by atoms with van der Waals surface area (Å²) in [5.41, 5.74) is 5.60. The number of nitrogens with zero attached hydrogens (tertiary/aromatic N) is 4. The number of hydrogen-bond acceptors (Lipinski definition) is 7. The molecule has 1 aromatic heterocycles. The van der Waals surface area contributed by atoms with Gasteiger partial charge in [-0.1, -0.05) is 25.3 Å². The van der Waals surface area contributed by atoms with E-state index in [1.165, 1.54) is 26.1 Å².